The van der Waals surface area contributed by atoms with Crippen molar-refractivity contribution in [3.63, 3.8) is 0 Å². The van der Waals surface area contributed by atoms with Crippen LogP contribution in [0.2, 0.25) is 0 Å². The normalized spacial score (nSPS) is 35.9. The van der Waals surface area contributed by atoms with Crippen molar-refractivity contribution >= 4 is 17.6 Å². The van der Waals surface area contributed by atoms with Gasteiger partial charge in [0, 0.05) is 12.2 Å². The lowest BCUT2D eigenvalue weighted by Crippen LogP contribution is -2.62. The molecule has 0 aromatic carbocycles. The molecule has 3 rings (SSSR count). The van der Waals surface area contributed by atoms with E-state index in [0.717, 1.165) is 18.4 Å². The Bertz CT molecular complexity index is 649. The van der Waals surface area contributed by atoms with Gasteiger partial charge in [-0.25, -0.2) is 0 Å². The summed E-state index contributed by atoms with van der Waals surface area (Å²) in [6.45, 7) is 8.28. The molecule has 0 saturated heterocycles. The maximum absolute atomic E-state index is 13.1. The summed E-state index contributed by atoms with van der Waals surface area (Å²) >= 11 is 0. The largest absolute Gasteiger partial charge is 0.351 e. The number of carbonyl (C=O) groups is 2. The number of nitrogens with one attached hydrogen (secondary N) is 1. The average molecular weight is 329 g/mol. The van der Waals surface area contributed by atoms with Crippen LogP contribution in [0.4, 0.5) is 0 Å². The van der Waals surface area contributed by atoms with Crippen LogP contribution in [0.1, 0.15) is 53.4 Å². The monoisotopic (exact) mass is 329 g/mol. The minimum Gasteiger partial charge on any atom is -0.351 e. The Kier molecular flexibility index (Phi) is 4.37. The van der Waals surface area contributed by atoms with E-state index in [1.165, 1.54) is 6.42 Å². The van der Waals surface area contributed by atoms with Gasteiger partial charge < -0.3 is 10.2 Å². The molecule has 1 aliphatic carbocycles. The molecule has 1 N–H and O–H groups in total. The minimum atomic E-state index is -0.916. The van der Waals surface area contributed by atoms with E-state index in [0.29, 0.717) is 17.7 Å². The standard InChI is InChI=1S/C19H27N3O2/c1-12-8-9-16-21-17(23)10-19(4,22(16)11-12)18(24)20-15-7-5-6-13(2)14(15)3/h8-9,11,13-15H,5-7,10H2,1-4H3,(H,20,24). The number of fused-ring (bicyclic) bond motifs is 1. The van der Waals surface area contributed by atoms with Gasteiger partial charge in [-0.2, -0.15) is 4.99 Å². The maximum Gasteiger partial charge on any atom is 0.250 e. The number of carbonyl (C=O) groups excluding carboxylic acids is 2. The number of hydrogen-bond acceptors (Lipinski definition) is 3. The van der Waals surface area contributed by atoms with E-state index >= 15 is 0 Å². The first-order valence-electron chi connectivity index (χ1n) is 8.89. The highest BCUT2D eigenvalue weighted by Crippen LogP contribution is 2.33. The number of amidine groups is 1. The Morgan fingerprint density at radius 3 is 2.83 bits per heavy atom. The molecule has 0 radical (unpaired) electrons. The molecule has 0 spiro atoms. The summed E-state index contributed by atoms with van der Waals surface area (Å²) in [5.41, 5.74) is 0.127. The number of nitrogens with zero attached hydrogens (tertiary/aromatic N) is 2. The lowest BCUT2D eigenvalue weighted by atomic mass is 9.77. The molecule has 2 amide bonds. The third-order valence-corrected chi connectivity index (χ3v) is 5.85. The smallest absolute Gasteiger partial charge is 0.250 e. The first-order valence-corrected chi connectivity index (χ1v) is 8.89. The summed E-state index contributed by atoms with van der Waals surface area (Å²) in [6.07, 6.45) is 9.12. The van der Waals surface area contributed by atoms with E-state index in [1.807, 2.05) is 37.1 Å². The zero-order chi connectivity index (χ0) is 17.5. The molecule has 2 aliphatic heterocycles. The van der Waals surface area contributed by atoms with Gasteiger partial charge in [0.1, 0.15) is 11.4 Å². The van der Waals surface area contributed by atoms with Crippen LogP contribution >= 0.6 is 0 Å². The fourth-order valence-corrected chi connectivity index (χ4v) is 3.93. The second-order valence-electron chi connectivity index (χ2n) is 7.74. The van der Waals surface area contributed by atoms with Gasteiger partial charge >= 0.3 is 0 Å². The Balaban J connectivity index is 1.83. The third kappa shape index (κ3) is 2.92. The molecular weight excluding hydrogens is 302 g/mol. The Labute approximate surface area is 143 Å². The average Bonchev–Trinajstić information content (AvgIpc) is 2.52. The van der Waals surface area contributed by atoms with Crippen LogP contribution in [0.5, 0.6) is 0 Å². The van der Waals surface area contributed by atoms with E-state index in [-0.39, 0.29) is 24.3 Å². The van der Waals surface area contributed by atoms with Crippen molar-refractivity contribution in [2.45, 2.75) is 65.0 Å². The van der Waals surface area contributed by atoms with E-state index in [4.69, 9.17) is 0 Å². The Morgan fingerprint density at radius 1 is 1.33 bits per heavy atom. The van der Waals surface area contributed by atoms with Gasteiger partial charge in [0.05, 0.1) is 6.42 Å². The fourth-order valence-electron chi connectivity index (χ4n) is 3.93. The highest BCUT2D eigenvalue weighted by Gasteiger charge is 2.46. The highest BCUT2D eigenvalue weighted by atomic mass is 16.2. The van der Waals surface area contributed by atoms with Crippen molar-refractivity contribution in [3.05, 3.63) is 23.9 Å². The minimum absolute atomic E-state index is 0.0754. The Morgan fingerprint density at radius 2 is 2.08 bits per heavy atom. The van der Waals surface area contributed by atoms with Crippen LogP contribution in [-0.2, 0) is 9.59 Å². The molecule has 2 heterocycles. The molecule has 5 nitrogen and oxygen atoms in total. The molecule has 1 fully saturated rings. The number of aliphatic imine (C=N–C) groups is 1. The van der Waals surface area contributed by atoms with Crippen molar-refractivity contribution < 1.29 is 9.59 Å². The van der Waals surface area contributed by atoms with Crippen LogP contribution in [0.3, 0.4) is 0 Å². The SMILES string of the molecule is CC1=CN2C(=NC(=O)CC2(C)C(=O)NC2CCCC(C)C2C)C=C1. The zero-order valence-corrected chi connectivity index (χ0v) is 15.0. The van der Waals surface area contributed by atoms with Gasteiger partial charge in [0.15, 0.2) is 0 Å². The topological polar surface area (TPSA) is 61.8 Å². The molecular formula is C19H27N3O2. The van der Waals surface area contributed by atoms with Gasteiger partial charge in [0.2, 0.25) is 5.91 Å². The van der Waals surface area contributed by atoms with Crippen molar-refractivity contribution in [2.24, 2.45) is 16.8 Å². The van der Waals surface area contributed by atoms with Gasteiger partial charge in [-0.1, -0.05) is 32.8 Å². The predicted molar refractivity (Wildman–Crippen MR) is 94.3 cm³/mol. The highest BCUT2D eigenvalue weighted by molar-refractivity contribution is 6.09. The van der Waals surface area contributed by atoms with Gasteiger partial charge in [-0.3, -0.25) is 9.59 Å². The number of amides is 2. The number of hydrogen-bond donors (Lipinski definition) is 1. The van der Waals surface area contributed by atoms with Crippen LogP contribution in [0.25, 0.3) is 0 Å². The first kappa shape index (κ1) is 16.9. The molecule has 0 aromatic heterocycles. The number of allylic oxidation sites excluding steroid dienone is 2. The molecule has 3 aliphatic rings. The number of rotatable bonds is 2. The molecule has 130 valence electrons. The molecule has 4 atom stereocenters. The molecule has 1 saturated carbocycles. The quantitative estimate of drug-likeness (QED) is 0.847. The second-order valence-corrected chi connectivity index (χ2v) is 7.74. The van der Waals surface area contributed by atoms with Crippen LogP contribution < -0.4 is 5.32 Å². The van der Waals surface area contributed by atoms with E-state index < -0.39 is 5.54 Å². The molecule has 5 heteroatoms. The summed E-state index contributed by atoms with van der Waals surface area (Å²) in [6, 6.07) is 0.181. The summed E-state index contributed by atoms with van der Waals surface area (Å²) in [4.78, 5) is 31.2. The molecule has 0 aromatic rings. The van der Waals surface area contributed by atoms with Gasteiger partial charge in [0.25, 0.3) is 5.91 Å². The van der Waals surface area contributed by atoms with Crippen molar-refractivity contribution in [3.8, 4) is 0 Å². The summed E-state index contributed by atoms with van der Waals surface area (Å²) in [7, 11) is 0. The maximum atomic E-state index is 13.1. The van der Waals surface area contributed by atoms with Crippen LogP contribution in [-0.4, -0.2) is 34.1 Å². The zero-order valence-electron chi connectivity index (χ0n) is 15.0. The van der Waals surface area contributed by atoms with Crippen LogP contribution in [0, 0.1) is 11.8 Å². The van der Waals surface area contributed by atoms with Crippen molar-refractivity contribution in [1.29, 1.82) is 0 Å². The van der Waals surface area contributed by atoms with E-state index in [2.05, 4.69) is 24.2 Å². The van der Waals surface area contributed by atoms with Gasteiger partial charge in [-0.15, -0.1) is 0 Å². The molecule has 4 unspecified atom stereocenters. The lowest BCUT2D eigenvalue weighted by Gasteiger charge is -2.44. The molecule has 0 bridgehead atoms. The van der Waals surface area contributed by atoms with Crippen LogP contribution in [0.15, 0.2) is 28.9 Å². The Hall–Kier alpha value is -1.91. The van der Waals surface area contributed by atoms with E-state index in [9.17, 15) is 9.59 Å². The summed E-state index contributed by atoms with van der Waals surface area (Å²) in [5.74, 6) is 1.31. The van der Waals surface area contributed by atoms with Gasteiger partial charge in [-0.05, 0) is 43.8 Å². The third-order valence-electron chi connectivity index (χ3n) is 5.85. The predicted octanol–water partition coefficient (Wildman–Crippen LogP) is 2.79. The first-order chi connectivity index (χ1) is 11.3. The second kappa shape index (κ2) is 6.19. The van der Waals surface area contributed by atoms with E-state index in [1.54, 1.807) is 0 Å². The van der Waals surface area contributed by atoms with Crippen molar-refractivity contribution in [2.75, 3.05) is 0 Å². The molecule has 24 heavy (non-hydrogen) atoms. The summed E-state index contributed by atoms with van der Waals surface area (Å²) in [5, 5.41) is 3.24. The summed E-state index contributed by atoms with van der Waals surface area (Å²) < 4.78 is 0. The lowest BCUT2D eigenvalue weighted by molar-refractivity contribution is -0.135. The fraction of sp³-hybridized carbons (Fsp3) is 0.632. The van der Waals surface area contributed by atoms with Crippen molar-refractivity contribution in [1.82, 2.24) is 10.2 Å².